The molecule has 5 rings (SSSR count). The van der Waals surface area contributed by atoms with E-state index in [2.05, 4.69) is 31.4 Å². The molecule has 0 bridgehead atoms. The van der Waals surface area contributed by atoms with E-state index in [1.165, 1.54) is 0 Å². The van der Waals surface area contributed by atoms with Crippen molar-refractivity contribution in [3.8, 4) is 11.4 Å². The van der Waals surface area contributed by atoms with Gasteiger partial charge >= 0.3 is 6.03 Å². The zero-order valence-corrected chi connectivity index (χ0v) is 25.7. The second-order valence-electron chi connectivity index (χ2n) is 12.5. The van der Waals surface area contributed by atoms with Gasteiger partial charge in [0.25, 0.3) is 0 Å². The number of aryl methyl sites for hydroxylation is 1. The summed E-state index contributed by atoms with van der Waals surface area (Å²) in [5.74, 6) is 1.53. The standard InChI is InChI=1S/C34H41N7O2/c1-21(2)32(36)40-20-24(15-18-30(40)35)43-28-17-16-27(25-9-7-8-10-26(25)28)37-33(42)38-31-19-29(34(4,5)6)39-41(31)23-13-11-22(3)12-14-23/h7-15,18-21,27-28,35-36H,16-17H2,1-6H3,(H2,37,38,42). The zero-order chi connectivity index (χ0) is 30.9. The van der Waals surface area contributed by atoms with Crippen molar-refractivity contribution in [1.82, 2.24) is 19.7 Å². The third-order valence-corrected chi connectivity index (χ3v) is 7.75. The van der Waals surface area contributed by atoms with Crippen molar-refractivity contribution in [3.05, 3.63) is 101 Å². The first-order valence-electron chi connectivity index (χ1n) is 14.8. The molecule has 9 heteroatoms. The largest absolute Gasteiger partial charge is 0.484 e. The lowest BCUT2D eigenvalue weighted by atomic mass is 9.85. The van der Waals surface area contributed by atoms with Gasteiger partial charge in [-0.2, -0.15) is 5.10 Å². The van der Waals surface area contributed by atoms with Crippen LogP contribution < -0.4 is 20.9 Å². The molecule has 4 aromatic rings. The van der Waals surface area contributed by atoms with Crippen LogP contribution in [0.5, 0.6) is 5.75 Å². The summed E-state index contributed by atoms with van der Waals surface area (Å²) in [6.07, 6.45) is 2.89. The van der Waals surface area contributed by atoms with Gasteiger partial charge in [-0.05, 0) is 55.2 Å². The highest BCUT2D eigenvalue weighted by molar-refractivity contribution is 5.89. The van der Waals surface area contributed by atoms with Crippen molar-refractivity contribution in [3.63, 3.8) is 0 Å². The molecule has 2 unspecified atom stereocenters. The van der Waals surface area contributed by atoms with Crippen molar-refractivity contribution in [2.45, 2.75) is 71.9 Å². The van der Waals surface area contributed by atoms with Crippen LogP contribution in [0, 0.1) is 23.7 Å². The van der Waals surface area contributed by atoms with E-state index < -0.39 is 0 Å². The predicted octanol–water partition coefficient (Wildman–Crippen LogP) is 7.02. The number of carbonyl (C=O) groups is 1. The Morgan fingerprint density at radius 3 is 2.40 bits per heavy atom. The fraction of sp³-hybridized carbons (Fsp3) is 0.353. The fourth-order valence-electron chi connectivity index (χ4n) is 5.25. The van der Waals surface area contributed by atoms with Crippen LogP contribution in [0.25, 0.3) is 5.69 Å². The third-order valence-electron chi connectivity index (χ3n) is 7.75. The number of hydrogen-bond acceptors (Lipinski definition) is 5. The Morgan fingerprint density at radius 1 is 1.02 bits per heavy atom. The van der Waals surface area contributed by atoms with Crippen molar-refractivity contribution in [2.24, 2.45) is 5.92 Å². The fourth-order valence-corrected chi connectivity index (χ4v) is 5.25. The van der Waals surface area contributed by atoms with Gasteiger partial charge < -0.3 is 10.1 Å². The van der Waals surface area contributed by atoms with Gasteiger partial charge in [-0.25, -0.2) is 9.48 Å². The van der Waals surface area contributed by atoms with E-state index in [1.54, 1.807) is 27.6 Å². The Hall–Kier alpha value is -4.66. The summed E-state index contributed by atoms with van der Waals surface area (Å²) in [6, 6.07) is 21.0. The number of fused-ring (bicyclic) bond motifs is 1. The van der Waals surface area contributed by atoms with E-state index in [-0.39, 0.29) is 35.0 Å². The third kappa shape index (κ3) is 6.56. The minimum Gasteiger partial charge on any atom is -0.484 e. The molecule has 43 heavy (non-hydrogen) atoms. The lowest BCUT2D eigenvalue weighted by Crippen LogP contribution is -2.36. The topological polar surface area (TPSA) is 121 Å². The Kier molecular flexibility index (Phi) is 8.26. The number of amides is 2. The number of nitrogens with one attached hydrogen (secondary N) is 4. The maximum atomic E-state index is 13.4. The summed E-state index contributed by atoms with van der Waals surface area (Å²) in [5, 5.41) is 27.7. The monoisotopic (exact) mass is 579 g/mol. The minimum atomic E-state index is -0.299. The normalized spacial score (nSPS) is 16.4. The Bertz CT molecular complexity index is 1690. The molecule has 1 aliphatic rings. The van der Waals surface area contributed by atoms with Gasteiger partial charge in [0, 0.05) is 17.4 Å². The molecular formula is C34H41N7O2. The van der Waals surface area contributed by atoms with E-state index in [0.717, 1.165) is 28.1 Å². The number of urea groups is 1. The van der Waals surface area contributed by atoms with Gasteiger partial charge in [0.1, 0.15) is 29.0 Å². The van der Waals surface area contributed by atoms with E-state index in [1.807, 2.05) is 75.4 Å². The quantitative estimate of drug-likeness (QED) is 0.145. The average molecular weight is 580 g/mol. The molecule has 2 aromatic heterocycles. The van der Waals surface area contributed by atoms with E-state index in [9.17, 15) is 4.79 Å². The summed E-state index contributed by atoms with van der Waals surface area (Å²) >= 11 is 0. The van der Waals surface area contributed by atoms with Crippen LogP contribution in [-0.2, 0) is 5.41 Å². The van der Waals surface area contributed by atoms with Crippen LogP contribution in [-0.4, -0.2) is 26.2 Å². The van der Waals surface area contributed by atoms with Crippen LogP contribution >= 0.6 is 0 Å². The average Bonchev–Trinajstić information content (AvgIpc) is 3.39. The SMILES string of the molecule is Cc1ccc(-n2nc(C(C)(C)C)cc2NC(=O)NC2CCC(Oc3ccc(=N)n(C(=N)C(C)C)c3)c3ccccc32)cc1. The van der Waals surface area contributed by atoms with Crippen LogP contribution in [0.15, 0.2) is 72.9 Å². The Labute approximate surface area is 252 Å². The van der Waals surface area contributed by atoms with Gasteiger partial charge in [-0.1, -0.05) is 76.6 Å². The van der Waals surface area contributed by atoms with E-state index >= 15 is 0 Å². The van der Waals surface area contributed by atoms with Crippen molar-refractivity contribution >= 4 is 17.7 Å². The van der Waals surface area contributed by atoms with Crippen LogP contribution in [0.1, 0.15) is 82.0 Å². The molecule has 0 fully saturated rings. The number of benzene rings is 2. The highest BCUT2D eigenvalue weighted by Gasteiger charge is 2.30. The smallest absolute Gasteiger partial charge is 0.320 e. The molecule has 0 radical (unpaired) electrons. The predicted molar refractivity (Wildman–Crippen MR) is 169 cm³/mol. The molecule has 0 saturated heterocycles. The molecule has 1 aliphatic carbocycles. The van der Waals surface area contributed by atoms with E-state index in [0.29, 0.717) is 30.2 Å². The number of hydrogen-bond donors (Lipinski definition) is 4. The second-order valence-corrected chi connectivity index (χ2v) is 12.5. The second kappa shape index (κ2) is 11.9. The summed E-state index contributed by atoms with van der Waals surface area (Å²) in [5.41, 5.74) is 4.99. The lowest BCUT2D eigenvalue weighted by molar-refractivity contribution is 0.171. The molecule has 0 aliphatic heterocycles. The van der Waals surface area contributed by atoms with Gasteiger partial charge in [-0.15, -0.1) is 0 Å². The molecule has 0 saturated carbocycles. The van der Waals surface area contributed by atoms with Crippen LogP contribution in [0.2, 0.25) is 0 Å². The number of nitrogens with zero attached hydrogens (tertiary/aromatic N) is 3. The van der Waals surface area contributed by atoms with Crippen molar-refractivity contribution in [2.75, 3.05) is 5.32 Å². The Morgan fingerprint density at radius 2 is 1.72 bits per heavy atom. The molecule has 2 amide bonds. The molecule has 4 N–H and O–H groups in total. The highest BCUT2D eigenvalue weighted by atomic mass is 16.5. The maximum absolute atomic E-state index is 13.4. The highest BCUT2D eigenvalue weighted by Crippen LogP contribution is 2.38. The van der Waals surface area contributed by atoms with Crippen LogP contribution in [0.3, 0.4) is 0 Å². The van der Waals surface area contributed by atoms with Gasteiger partial charge in [0.05, 0.1) is 23.6 Å². The first-order valence-corrected chi connectivity index (χ1v) is 14.8. The van der Waals surface area contributed by atoms with Gasteiger partial charge in [0.2, 0.25) is 0 Å². The number of aromatic nitrogens is 3. The summed E-state index contributed by atoms with van der Waals surface area (Å²) < 4.78 is 9.76. The minimum absolute atomic E-state index is 0.0201. The Balaban J connectivity index is 1.35. The molecule has 2 heterocycles. The molecule has 0 spiro atoms. The first-order chi connectivity index (χ1) is 20.4. The van der Waals surface area contributed by atoms with Gasteiger partial charge in [-0.3, -0.25) is 20.7 Å². The maximum Gasteiger partial charge on any atom is 0.320 e. The van der Waals surface area contributed by atoms with Crippen LogP contribution in [0.4, 0.5) is 10.6 Å². The van der Waals surface area contributed by atoms with Crippen molar-refractivity contribution in [1.29, 1.82) is 10.8 Å². The summed E-state index contributed by atoms with van der Waals surface area (Å²) in [4.78, 5) is 13.4. The van der Waals surface area contributed by atoms with Crippen molar-refractivity contribution < 1.29 is 9.53 Å². The van der Waals surface area contributed by atoms with Gasteiger partial charge in [0.15, 0.2) is 0 Å². The molecule has 224 valence electrons. The molecule has 2 aromatic carbocycles. The molecular weight excluding hydrogens is 538 g/mol. The molecule has 2 atom stereocenters. The van der Waals surface area contributed by atoms with E-state index in [4.69, 9.17) is 20.7 Å². The number of pyridine rings is 1. The summed E-state index contributed by atoms with van der Waals surface area (Å²) in [6.45, 7) is 12.2. The summed E-state index contributed by atoms with van der Waals surface area (Å²) in [7, 11) is 0. The first kappa shape index (κ1) is 29.8. The zero-order valence-electron chi connectivity index (χ0n) is 25.7. The number of carbonyl (C=O) groups excluding carboxylic acids is 1. The number of anilines is 1. The number of rotatable bonds is 6. The lowest BCUT2D eigenvalue weighted by Gasteiger charge is -2.32. The number of ether oxygens (including phenoxy) is 1. The molecule has 9 nitrogen and oxygen atoms in total.